The summed E-state index contributed by atoms with van der Waals surface area (Å²) in [5.74, 6) is 1.27. The van der Waals surface area contributed by atoms with Gasteiger partial charge in [0.25, 0.3) is 0 Å². The molecule has 0 saturated heterocycles. The van der Waals surface area contributed by atoms with Gasteiger partial charge in [0.15, 0.2) is 0 Å². The Balaban J connectivity index is 1.50. The van der Waals surface area contributed by atoms with Crippen molar-refractivity contribution in [2.45, 2.75) is 66.7 Å². The van der Waals surface area contributed by atoms with E-state index >= 15 is 0 Å². The smallest absolute Gasteiger partial charge is 0.227 e. The van der Waals surface area contributed by atoms with Crippen LogP contribution in [0.5, 0.6) is 0 Å². The molecule has 0 aliphatic rings. The summed E-state index contributed by atoms with van der Waals surface area (Å²) in [5, 5.41) is 2.11. The Morgan fingerprint density at radius 1 is 0.750 bits per heavy atom. The molecule has 0 N–H and O–H groups in total. The predicted molar refractivity (Wildman–Crippen MR) is 184 cm³/mol. The lowest BCUT2D eigenvalue weighted by Gasteiger charge is -2.20. The first-order valence-corrected chi connectivity index (χ1v) is 15.5. The maximum Gasteiger partial charge on any atom is 0.227 e. The molecule has 0 spiro atoms. The van der Waals surface area contributed by atoms with Gasteiger partial charge in [-0.2, -0.15) is 0 Å². The maximum absolute atomic E-state index is 6.71. The fourth-order valence-corrected chi connectivity index (χ4v) is 6.46. The van der Waals surface area contributed by atoms with E-state index in [1.807, 2.05) is 0 Å². The third-order valence-corrected chi connectivity index (χ3v) is 9.01. The second-order valence-corrected chi connectivity index (χ2v) is 13.5. The number of aromatic nitrogens is 3. The van der Waals surface area contributed by atoms with Gasteiger partial charge in [-0.3, -0.25) is 4.57 Å². The molecule has 0 fully saturated rings. The van der Waals surface area contributed by atoms with Gasteiger partial charge in [0.2, 0.25) is 5.71 Å². The molecule has 0 unspecified atom stereocenters. The Bertz CT molecular complexity index is 2180. The zero-order valence-electron chi connectivity index (χ0n) is 26.9. The summed E-state index contributed by atoms with van der Waals surface area (Å²) in [5.41, 5.74) is 13.9. The van der Waals surface area contributed by atoms with Crippen molar-refractivity contribution in [2.24, 2.45) is 0 Å². The van der Waals surface area contributed by atoms with Crippen molar-refractivity contribution in [2.75, 3.05) is 0 Å². The van der Waals surface area contributed by atoms with E-state index < -0.39 is 0 Å². The molecule has 4 aromatic carbocycles. The van der Waals surface area contributed by atoms with E-state index in [0.29, 0.717) is 11.6 Å². The predicted octanol–water partition coefficient (Wildman–Crippen LogP) is 11.0. The number of fused-ring (bicyclic) bond motifs is 4. The Labute approximate surface area is 259 Å². The highest BCUT2D eigenvalue weighted by atomic mass is 16.3. The molecule has 0 amide bonds. The normalized spacial score (nSPS) is 12.3. The topological polar surface area (TPSA) is 43.9 Å². The first kappa shape index (κ1) is 28.1. The van der Waals surface area contributed by atoms with Crippen molar-refractivity contribution in [3.05, 3.63) is 113 Å². The van der Waals surface area contributed by atoms with E-state index in [1.54, 1.807) is 0 Å². The van der Waals surface area contributed by atoms with Gasteiger partial charge in [0.1, 0.15) is 11.4 Å². The summed E-state index contributed by atoms with van der Waals surface area (Å²) >= 11 is 0. The molecular weight excluding hydrogens is 538 g/mol. The van der Waals surface area contributed by atoms with E-state index in [1.165, 1.54) is 22.3 Å². The van der Waals surface area contributed by atoms with Crippen LogP contribution in [0.1, 0.15) is 68.4 Å². The standard InChI is InChI=1S/C40H39N3O/c1-23(2)27-13-20-32-34(22-27)43(29-16-14-28(15-17-29)40(6,7)8)38(41-32)31-18-12-26(5)36-30-19-21-33(42-39(30)44-37(31)36)35-24(3)10-9-11-25(35)4/h9-23H,1-8H3. The summed E-state index contributed by atoms with van der Waals surface area (Å²) in [4.78, 5) is 10.3. The average Bonchev–Trinajstić information content (AvgIpc) is 3.55. The first-order valence-electron chi connectivity index (χ1n) is 15.5. The van der Waals surface area contributed by atoms with Crippen LogP contribution < -0.4 is 0 Å². The molecule has 0 atom stereocenters. The third kappa shape index (κ3) is 4.52. The van der Waals surface area contributed by atoms with Gasteiger partial charge in [-0.05, 0) is 102 Å². The molecule has 3 heterocycles. The summed E-state index contributed by atoms with van der Waals surface area (Å²) in [6, 6.07) is 30.5. The highest BCUT2D eigenvalue weighted by Gasteiger charge is 2.23. The Kier molecular flexibility index (Phi) is 6.51. The minimum Gasteiger partial charge on any atom is -0.437 e. The Morgan fingerprint density at radius 3 is 2.16 bits per heavy atom. The van der Waals surface area contributed by atoms with E-state index in [0.717, 1.165) is 61.3 Å². The van der Waals surface area contributed by atoms with Gasteiger partial charge in [-0.1, -0.05) is 77.1 Å². The molecule has 7 aromatic rings. The van der Waals surface area contributed by atoms with Gasteiger partial charge >= 0.3 is 0 Å². The number of furan rings is 1. The van der Waals surface area contributed by atoms with Crippen LogP contribution in [0, 0.1) is 20.8 Å². The highest BCUT2D eigenvalue weighted by molar-refractivity contribution is 6.10. The van der Waals surface area contributed by atoms with E-state index in [4.69, 9.17) is 14.4 Å². The third-order valence-electron chi connectivity index (χ3n) is 9.01. The lowest BCUT2D eigenvalue weighted by molar-refractivity contribution is 0.590. The van der Waals surface area contributed by atoms with Crippen molar-refractivity contribution in [3.63, 3.8) is 0 Å². The summed E-state index contributed by atoms with van der Waals surface area (Å²) in [7, 11) is 0. The molecule has 44 heavy (non-hydrogen) atoms. The van der Waals surface area contributed by atoms with Crippen LogP contribution in [0.15, 0.2) is 89.3 Å². The molecule has 220 valence electrons. The van der Waals surface area contributed by atoms with Crippen LogP contribution in [-0.4, -0.2) is 14.5 Å². The van der Waals surface area contributed by atoms with Crippen LogP contribution in [0.3, 0.4) is 0 Å². The molecular formula is C40H39N3O. The molecule has 0 saturated carbocycles. The summed E-state index contributed by atoms with van der Waals surface area (Å²) in [6.07, 6.45) is 0. The largest absolute Gasteiger partial charge is 0.437 e. The van der Waals surface area contributed by atoms with Crippen molar-refractivity contribution < 1.29 is 4.42 Å². The number of imidazole rings is 1. The summed E-state index contributed by atoms with van der Waals surface area (Å²) in [6.45, 7) is 17.6. The number of pyridine rings is 1. The highest BCUT2D eigenvalue weighted by Crippen LogP contribution is 2.40. The number of hydrogen-bond donors (Lipinski definition) is 0. The van der Waals surface area contributed by atoms with Gasteiger partial charge < -0.3 is 4.42 Å². The molecule has 4 heteroatoms. The van der Waals surface area contributed by atoms with E-state index in [-0.39, 0.29) is 5.41 Å². The van der Waals surface area contributed by atoms with Crippen LogP contribution in [-0.2, 0) is 5.41 Å². The van der Waals surface area contributed by atoms with Crippen molar-refractivity contribution in [3.8, 4) is 28.3 Å². The minimum absolute atomic E-state index is 0.0727. The quantitative estimate of drug-likeness (QED) is 0.209. The zero-order chi connectivity index (χ0) is 30.9. The average molecular weight is 578 g/mol. The Hall–Kier alpha value is -4.70. The number of benzene rings is 4. The van der Waals surface area contributed by atoms with Gasteiger partial charge in [0.05, 0.1) is 22.3 Å². The molecule has 7 rings (SSSR count). The SMILES string of the molecule is Cc1cccc(C)c1-c1ccc2c(n1)oc1c(-c3nc4ccc(C(C)C)cc4n3-c3ccc(C(C)(C)C)cc3)ccc(C)c12. The molecule has 0 bridgehead atoms. The fraction of sp³-hybridized carbons (Fsp3) is 0.250. The maximum atomic E-state index is 6.71. The Morgan fingerprint density at radius 2 is 1.48 bits per heavy atom. The fourth-order valence-electron chi connectivity index (χ4n) is 6.46. The van der Waals surface area contributed by atoms with Crippen LogP contribution >= 0.6 is 0 Å². The van der Waals surface area contributed by atoms with Crippen molar-refractivity contribution in [1.29, 1.82) is 0 Å². The second-order valence-electron chi connectivity index (χ2n) is 13.5. The molecule has 0 aliphatic heterocycles. The summed E-state index contributed by atoms with van der Waals surface area (Å²) < 4.78 is 9.00. The van der Waals surface area contributed by atoms with Gasteiger partial charge in [-0.15, -0.1) is 0 Å². The van der Waals surface area contributed by atoms with Gasteiger partial charge in [-0.25, -0.2) is 9.97 Å². The van der Waals surface area contributed by atoms with Crippen molar-refractivity contribution >= 4 is 33.1 Å². The zero-order valence-corrected chi connectivity index (χ0v) is 26.9. The molecule has 3 aromatic heterocycles. The van der Waals surface area contributed by atoms with Crippen LogP contribution in [0.4, 0.5) is 0 Å². The first-order chi connectivity index (χ1) is 21.0. The van der Waals surface area contributed by atoms with Gasteiger partial charge in [0, 0.05) is 22.0 Å². The molecule has 0 radical (unpaired) electrons. The monoisotopic (exact) mass is 577 g/mol. The minimum atomic E-state index is 0.0727. The number of aryl methyl sites for hydroxylation is 3. The molecule has 0 aliphatic carbocycles. The lowest BCUT2D eigenvalue weighted by atomic mass is 9.87. The van der Waals surface area contributed by atoms with Crippen LogP contribution in [0.2, 0.25) is 0 Å². The second kappa shape index (κ2) is 10.2. The lowest BCUT2D eigenvalue weighted by Crippen LogP contribution is -2.11. The van der Waals surface area contributed by atoms with E-state index in [9.17, 15) is 0 Å². The molecule has 4 nitrogen and oxygen atoms in total. The van der Waals surface area contributed by atoms with Crippen molar-refractivity contribution in [1.82, 2.24) is 14.5 Å². The number of nitrogens with zero attached hydrogens (tertiary/aromatic N) is 3. The number of hydrogen-bond acceptors (Lipinski definition) is 3. The number of rotatable bonds is 4. The van der Waals surface area contributed by atoms with Crippen LogP contribution in [0.25, 0.3) is 61.4 Å². The van der Waals surface area contributed by atoms with E-state index in [2.05, 4.69) is 145 Å².